The number of fused-ring (bicyclic) bond motifs is 4. The SMILES string of the molecule is c1ccc(-c2cc(-c3ccccc3)cc(-n3c4ccc5c6c4c4c7c(cccc7ccc43)C6(c3ccccc3)c3ccccc3-5)c2)cc1. The van der Waals surface area contributed by atoms with E-state index in [9.17, 15) is 0 Å². The van der Waals surface area contributed by atoms with Crippen molar-refractivity contribution in [2.45, 2.75) is 5.41 Å². The second-order valence-corrected chi connectivity index (χ2v) is 13.2. The summed E-state index contributed by atoms with van der Waals surface area (Å²) in [5.41, 5.74) is 16.3. The fourth-order valence-corrected chi connectivity index (χ4v) is 9.11. The number of rotatable bonds is 4. The molecule has 1 nitrogen and oxygen atoms in total. The van der Waals surface area contributed by atoms with Crippen LogP contribution in [0.4, 0.5) is 0 Å². The molecule has 0 saturated carbocycles. The second-order valence-electron chi connectivity index (χ2n) is 13.2. The lowest BCUT2D eigenvalue weighted by Crippen LogP contribution is -2.30. The Balaban J connectivity index is 1.33. The number of hydrogen-bond acceptors (Lipinski definition) is 0. The summed E-state index contributed by atoms with van der Waals surface area (Å²) in [6.07, 6.45) is 0. The van der Waals surface area contributed by atoms with E-state index in [4.69, 9.17) is 0 Å². The van der Waals surface area contributed by atoms with Gasteiger partial charge in [0.15, 0.2) is 0 Å². The average molecular weight is 608 g/mol. The minimum absolute atomic E-state index is 0.402. The molecule has 9 aromatic rings. The molecule has 48 heavy (non-hydrogen) atoms. The first-order chi connectivity index (χ1) is 23.8. The molecule has 2 aliphatic carbocycles. The number of aromatic nitrogens is 1. The van der Waals surface area contributed by atoms with Gasteiger partial charge in [-0.1, -0.05) is 146 Å². The molecule has 0 spiro atoms. The van der Waals surface area contributed by atoms with Crippen LogP contribution in [0, 0.1) is 0 Å². The van der Waals surface area contributed by atoms with Crippen molar-refractivity contribution in [3.63, 3.8) is 0 Å². The smallest absolute Gasteiger partial charge is 0.0726 e. The molecule has 0 fully saturated rings. The summed E-state index contributed by atoms with van der Waals surface area (Å²) in [7, 11) is 0. The summed E-state index contributed by atoms with van der Waals surface area (Å²) in [6.45, 7) is 0. The Hall–Kier alpha value is -6.18. The zero-order valence-electron chi connectivity index (χ0n) is 26.2. The van der Waals surface area contributed by atoms with E-state index in [2.05, 4.69) is 180 Å². The van der Waals surface area contributed by atoms with Gasteiger partial charge in [-0.3, -0.25) is 0 Å². The number of benzene rings is 8. The predicted molar refractivity (Wildman–Crippen MR) is 200 cm³/mol. The molecule has 0 saturated heterocycles. The van der Waals surface area contributed by atoms with Crippen molar-refractivity contribution in [2.24, 2.45) is 0 Å². The van der Waals surface area contributed by atoms with Crippen molar-refractivity contribution in [2.75, 3.05) is 0 Å². The van der Waals surface area contributed by atoms with Crippen LogP contribution in [0.15, 0.2) is 176 Å². The van der Waals surface area contributed by atoms with Crippen molar-refractivity contribution >= 4 is 32.6 Å². The van der Waals surface area contributed by atoms with Crippen LogP contribution in [0.25, 0.3) is 71.6 Å². The highest BCUT2D eigenvalue weighted by atomic mass is 15.0. The zero-order valence-corrected chi connectivity index (χ0v) is 26.2. The van der Waals surface area contributed by atoms with E-state index in [1.165, 1.54) is 93.9 Å². The lowest BCUT2D eigenvalue weighted by Gasteiger charge is -2.37. The van der Waals surface area contributed by atoms with Gasteiger partial charge in [-0.15, -0.1) is 0 Å². The van der Waals surface area contributed by atoms with Crippen molar-refractivity contribution < 1.29 is 0 Å². The monoisotopic (exact) mass is 607 g/mol. The van der Waals surface area contributed by atoms with E-state index in [-0.39, 0.29) is 0 Å². The van der Waals surface area contributed by atoms with Gasteiger partial charge in [0.25, 0.3) is 0 Å². The molecule has 8 aromatic carbocycles. The zero-order chi connectivity index (χ0) is 31.4. The molecule has 1 heteroatoms. The average Bonchev–Trinajstić information content (AvgIpc) is 3.67. The number of hydrogen-bond donors (Lipinski definition) is 0. The molecule has 2 aliphatic rings. The maximum absolute atomic E-state index is 2.53. The van der Waals surface area contributed by atoms with Gasteiger partial charge in [0, 0.05) is 16.5 Å². The van der Waals surface area contributed by atoms with Crippen LogP contribution in [0.1, 0.15) is 22.3 Å². The van der Waals surface area contributed by atoms with Gasteiger partial charge in [0.2, 0.25) is 0 Å². The van der Waals surface area contributed by atoms with Crippen LogP contribution in [0.3, 0.4) is 0 Å². The highest BCUT2D eigenvalue weighted by Crippen LogP contribution is 2.63. The lowest BCUT2D eigenvalue weighted by atomic mass is 9.63. The normalized spacial score (nSPS) is 15.6. The van der Waals surface area contributed by atoms with Gasteiger partial charge in [0.05, 0.1) is 16.4 Å². The van der Waals surface area contributed by atoms with Gasteiger partial charge in [-0.05, 0) is 96.7 Å². The van der Waals surface area contributed by atoms with E-state index in [1.807, 2.05) is 0 Å². The van der Waals surface area contributed by atoms with E-state index in [0.29, 0.717) is 0 Å². The Morgan fingerprint density at radius 3 is 1.71 bits per heavy atom. The fourth-order valence-electron chi connectivity index (χ4n) is 9.11. The highest BCUT2D eigenvalue weighted by molar-refractivity contribution is 6.28. The molecule has 1 atom stereocenters. The van der Waals surface area contributed by atoms with Crippen LogP contribution in [0.2, 0.25) is 0 Å². The molecular weight excluding hydrogens is 579 g/mol. The maximum Gasteiger partial charge on any atom is 0.0726 e. The molecule has 1 unspecified atom stereocenters. The summed E-state index contributed by atoms with van der Waals surface area (Å²) >= 11 is 0. The molecule has 0 amide bonds. The van der Waals surface area contributed by atoms with E-state index in [1.54, 1.807) is 0 Å². The first-order valence-corrected chi connectivity index (χ1v) is 16.8. The summed E-state index contributed by atoms with van der Waals surface area (Å²) in [5.74, 6) is 0. The molecule has 1 aromatic heterocycles. The first kappa shape index (κ1) is 25.9. The Bertz CT molecular complexity index is 2700. The van der Waals surface area contributed by atoms with Crippen molar-refractivity contribution in [3.05, 3.63) is 198 Å². The van der Waals surface area contributed by atoms with E-state index >= 15 is 0 Å². The highest BCUT2D eigenvalue weighted by Gasteiger charge is 2.50. The van der Waals surface area contributed by atoms with Crippen LogP contribution in [0.5, 0.6) is 0 Å². The van der Waals surface area contributed by atoms with Gasteiger partial charge in [-0.25, -0.2) is 0 Å². The quantitative estimate of drug-likeness (QED) is 0.188. The molecular formula is C47H29N. The summed E-state index contributed by atoms with van der Waals surface area (Å²) in [4.78, 5) is 0. The Morgan fingerprint density at radius 1 is 0.375 bits per heavy atom. The molecule has 1 heterocycles. The van der Waals surface area contributed by atoms with E-state index in [0.717, 1.165) is 0 Å². The Labute approximate surface area is 279 Å². The van der Waals surface area contributed by atoms with Crippen molar-refractivity contribution in [1.82, 2.24) is 4.57 Å². The van der Waals surface area contributed by atoms with Gasteiger partial charge < -0.3 is 4.57 Å². The first-order valence-electron chi connectivity index (χ1n) is 16.8. The third-order valence-corrected chi connectivity index (χ3v) is 10.9. The van der Waals surface area contributed by atoms with Gasteiger partial charge in [0.1, 0.15) is 0 Å². The molecule has 0 aliphatic heterocycles. The molecule has 0 N–H and O–H groups in total. The minimum atomic E-state index is -0.402. The molecule has 222 valence electrons. The topological polar surface area (TPSA) is 4.93 Å². The van der Waals surface area contributed by atoms with Crippen molar-refractivity contribution in [3.8, 4) is 39.1 Å². The fraction of sp³-hybridized carbons (Fsp3) is 0.0213. The largest absolute Gasteiger partial charge is 0.309 e. The van der Waals surface area contributed by atoms with Crippen molar-refractivity contribution in [1.29, 1.82) is 0 Å². The summed E-state index contributed by atoms with van der Waals surface area (Å²) in [5, 5.41) is 5.39. The van der Waals surface area contributed by atoms with E-state index < -0.39 is 5.41 Å². The number of nitrogens with zero attached hydrogens (tertiary/aromatic N) is 1. The molecule has 0 radical (unpaired) electrons. The lowest BCUT2D eigenvalue weighted by molar-refractivity contribution is 0.782. The van der Waals surface area contributed by atoms with Crippen LogP contribution >= 0.6 is 0 Å². The Kier molecular flexibility index (Phi) is 5.10. The van der Waals surface area contributed by atoms with Gasteiger partial charge >= 0.3 is 0 Å². The maximum atomic E-state index is 2.53. The minimum Gasteiger partial charge on any atom is -0.309 e. The van der Waals surface area contributed by atoms with Gasteiger partial charge in [-0.2, -0.15) is 0 Å². The van der Waals surface area contributed by atoms with Crippen LogP contribution in [-0.2, 0) is 5.41 Å². The Morgan fingerprint density at radius 2 is 0.979 bits per heavy atom. The predicted octanol–water partition coefficient (Wildman–Crippen LogP) is 11.9. The third-order valence-electron chi connectivity index (χ3n) is 10.9. The molecule has 11 rings (SSSR count). The standard InChI is InChI=1S/C47H29N/c1-4-13-30(14-5-1)33-27-34(31-15-6-2-7-16-31)29-36(28-33)48-41-25-23-32-17-12-22-40-43(32)44(41)45-42(48)26-24-38-37-20-10-11-21-39(37)47(40,46(38)45)35-18-8-3-9-19-35/h1-29H. The third kappa shape index (κ3) is 3.21. The van der Waals surface area contributed by atoms with Crippen LogP contribution < -0.4 is 0 Å². The molecule has 0 bridgehead atoms. The van der Waals surface area contributed by atoms with Crippen LogP contribution in [-0.4, -0.2) is 4.57 Å². The second kappa shape index (κ2) is 9.44. The summed E-state index contributed by atoms with van der Waals surface area (Å²) in [6, 6.07) is 65.3. The summed E-state index contributed by atoms with van der Waals surface area (Å²) < 4.78 is 2.53.